The molecule has 2 atom stereocenters. The van der Waals surface area contributed by atoms with E-state index in [2.05, 4.69) is 31.2 Å². The Morgan fingerprint density at radius 2 is 1.30 bits per heavy atom. The van der Waals surface area contributed by atoms with Crippen LogP contribution in [0.3, 0.4) is 0 Å². The van der Waals surface area contributed by atoms with Crippen molar-refractivity contribution in [1.29, 1.82) is 0 Å². The molecule has 0 aromatic heterocycles. The van der Waals surface area contributed by atoms with Crippen molar-refractivity contribution in [2.45, 2.75) is 109 Å². The zero-order valence-corrected chi connectivity index (χ0v) is 19.9. The molecule has 2 fully saturated rings. The van der Waals surface area contributed by atoms with Crippen LogP contribution in [0, 0.1) is 23.7 Å². The van der Waals surface area contributed by atoms with Gasteiger partial charge in [-0.05, 0) is 81.3 Å². The number of rotatable bonds is 9. The summed E-state index contributed by atoms with van der Waals surface area (Å²) in [6.07, 6.45) is 3.00. The maximum absolute atomic E-state index is 15.0. The van der Waals surface area contributed by atoms with Crippen LogP contribution in [0.5, 0.6) is 0 Å². The van der Waals surface area contributed by atoms with Gasteiger partial charge in [0.15, 0.2) is 0 Å². The standard InChI is InChI=1S/C27H38F6/c1-3-5-22-16-17-24(18-25(22,28)29)27(32,33)26(30,31)23-14-12-21(13-15-23)11-10-20-8-6-19(4-2)7-9-20/h6-9,21-24H,3-5,10-18H2,1-2H3. The highest BCUT2D eigenvalue weighted by Gasteiger charge is 2.66. The van der Waals surface area contributed by atoms with Crippen molar-refractivity contribution in [3.63, 3.8) is 0 Å². The summed E-state index contributed by atoms with van der Waals surface area (Å²) in [7, 11) is 0. The van der Waals surface area contributed by atoms with E-state index in [1.165, 1.54) is 11.1 Å². The van der Waals surface area contributed by atoms with Crippen LogP contribution in [0.15, 0.2) is 24.3 Å². The second-order valence-corrected chi connectivity index (χ2v) is 10.4. The van der Waals surface area contributed by atoms with E-state index in [1.54, 1.807) is 6.92 Å². The van der Waals surface area contributed by atoms with Gasteiger partial charge in [0.05, 0.1) is 0 Å². The lowest BCUT2D eigenvalue weighted by molar-refractivity contribution is -0.281. The summed E-state index contributed by atoms with van der Waals surface area (Å²) in [6, 6.07) is 8.36. The third kappa shape index (κ3) is 5.90. The predicted octanol–water partition coefficient (Wildman–Crippen LogP) is 9.11. The summed E-state index contributed by atoms with van der Waals surface area (Å²) >= 11 is 0. The van der Waals surface area contributed by atoms with E-state index in [4.69, 9.17) is 0 Å². The minimum absolute atomic E-state index is 0.0314. The smallest absolute Gasteiger partial charge is 0.207 e. The average Bonchev–Trinajstić information content (AvgIpc) is 2.79. The molecule has 0 radical (unpaired) electrons. The topological polar surface area (TPSA) is 0 Å². The minimum atomic E-state index is -4.40. The predicted molar refractivity (Wildman–Crippen MR) is 120 cm³/mol. The van der Waals surface area contributed by atoms with Crippen molar-refractivity contribution in [3.05, 3.63) is 35.4 Å². The van der Waals surface area contributed by atoms with Crippen LogP contribution in [0.4, 0.5) is 26.3 Å². The third-order valence-electron chi connectivity index (χ3n) is 8.21. The van der Waals surface area contributed by atoms with E-state index < -0.39 is 41.9 Å². The number of hydrogen-bond donors (Lipinski definition) is 0. The summed E-state index contributed by atoms with van der Waals surface area (Å²) in [6.45, 7) is 3.86. The Labute approximate surface area is 194 Å². The Kier molecular flexibility index (Phi) is 8.48. The van der Waals surface area contributed by atoms with Gasteiger partial charge in [0.1, 0.15) is 0 Å². The molecule has 0 bridgehead atoms. The summed E-state index contributed by atoms with van der Waals surface area (Å²) in [5.41, 5.74) is 2.46. The van der Waals surface area contributed by atoms with E-state index >= 15 is 8.78 Å². The van der Waals surface area contributed by atoms with Crippen LogP contribution in [0.25, 0.3) is 0 Å². The molecule has 6 heteroatoms. The Morgan fingerprint density at radius 1 is 0.758 bits per heavy atom. The van der Waals surface area contributed by atoms with Gasteiger partial charge in [0.2, 0.25) is 0 Å². The van der Waals surface area contributed by atoms with Crippen LogP contribution in [0.1, 0.15) is 89.2 Å². The van der Waals surface area contributed by atoms with Gasteiger partial charge in [-0.1, -0.05) is 44.5 Å². The summed E-state index contributed by atoms with van der Waals surface area (Å²) in [5, 5.41) is 0. The lowest BCUT2D eigenvalue weighted by Crippen LogP contribution is -2.54. The first-order valence-corrected chi connectivity index (χ1v) is 12.7. The Morgan fingerprint density at radius 3 is 1.85 bits per heavy atom. The van der Waals surface area contributed by atoms with Gasteiger partial charge in [0, 0.05) is 24.2 Å². The van der Waals surface area contributed by atoms with Crippen molar-refractivity contribution < 1.29 is 26.3 Å². The van der Waals surface area contributed by atoms with Gasteiger partial charge < -0.3 is 0 Å². The molecule has 0 saturated heterocycles. The van der Waals surface area contributed by atoms with Gasteiger partial charge in [-0.15, -0.1) is 0 Å². The maximum atomic E-state index is 15.0. The van der Waals surface area contributed by atoms with Crippen molar-refractivity contribution in [2.24, 2.45) is 23.7 Å². The fourth-order valence-electron chi connectivity index (χ4n) is 5.89. The molecule has 33 heavy (non-hydrogen) atoms. The van der Waals surface area contributed by atoms with Crippen molar-refractivity contribution in [3.8, 4) is 0 Å². The zero-order chi connectivity index (χ0) is 24.3. The zero-order valence-electron chi connectivity index (χ0n) is 19.9. The molecule has 0 amide bonds. The SMILES string of the molecule is CCCC1CCC(C(F)(F)C(F)(F)C2CCC(CCc3ccc(CC)cc3)CC2)CC1(F)F. The fraction of sp³-hybridized carbons (Fsp3) is 0.778. The normalized spacial score (nSPS) is 28.6. The highest BCUT2D eigenvalue weighted by atomic mass is 19.3. The molecule has 0 aliphatic heterocycles. The lowest BCUT2D eigenvalue weighted by Gasteiger charge is -2.44. The Balaban J connectivity index is 1.54. The van der Waals surface area contributed by atoms with Gasteiger partial charge in [0.25, 0.3) is 5.92 Å². The van der Waals surface area contributed by atoms with Gasteiger partial charge in [-0.2, -0.15) is 17.6 Å². The third-order valence-corrected chi connectivity index (χ3v) is 8.21. The highest BCUT2D eigenvalue weighted by Crippen LogP contribution is 2.56. The number of benzene rings is 1. The minimum Gasteiger partial charge on any atom is -0.207 e. The van der Waals surface area contributed by atoms with Gasteiger partial charge >= 0.3 is 11.8 Å². The summed E-state index contributed by atoms with van der Waals surface area (Å²) in [5.74, 6) is -16.1. The van der Waals surface area contributed by atoms with E-state index in [1.807, 2.05) is 0 Å². The Hall–Kier alpha value is -1.20. The average molecular weight is 477 g/mol. The van der Waals surface area contributed by atoms with E-state index in [9.17, 15) is 17.6 Å². The molecule has 0 nitrogen and oxygen atoms in total. The Bertz CT molecular complexity index is 733. The van der Waals surface area contributed by atoms with Crippen LogP contribution in [-0.2, 0) is 12.8 Å². The molecule has 2 aliphatic carbocycles. The first-order chi connectivity index (χ1) is 15.5. The van der Waals surface area contributed by atoms with Crippen LogP contribution in [0.2, 0.25) is 0 Å². The monoisotopic (exact) mass is 476 g/mol. The van der Waals surface area contributed by atoms with Gasteiger partial charge in [-0.25, -0.2) is 8.78 Å². The molecular weight excluding hydrogens is 438 g/mol. The molecule has 2 saturated carbocycles. The molecule has 3 rings (SSSR count). The van der Waals surface area contributed by atoms with Crippen molar-refractivity contribution >= 4 is 0 Å². The molecule has 2 unspecified atom stereocenters. The second-order valence-electron chi connectivity index (χ2n) is 10.4. The highest BCUT2D eigenvalue weighted by molar-refractivity contribution is 5.22. The maximum Gasteiger partial charge on any atom is 0.313 e. The molecular formula is C27H38F6. The molecule has 2 aliphatic rings. The number of hydrogen-bond acceptors (Lipinski definition) is 0. The van der Waals surface area contributed by atoms with Crippen molar-refractivity contribution in [2.75, 3.05) is 0 Å². The first-order valence-electron chi connectivity index (χ1n) is 12.7. The van der Waals surface area contributed by atoms with Crippen molar-refractivity contribution in [1.82, 2.24) is 0 Å². The van der Waals surface area contributed by atoms with E-state index in [0.29, 0.717) is 19.3 Å². The molecule has 1 aromatic carbocycles. The fourth-order valence-corrected chi connectivity index (χ4v) is 5.89. The van der Waals surface area contributed by atoms with Crippen LogP contribution < -0.4 is 0 Å². The van der Waals surface area contributed by atoms with Crippen LogP contribution >= 0.6 is 0 Å². The molecule has 0 spiro atoms. The number of alkyl halides is 6. The molecule has 188 valence electrons. The second kappa shape index (κ2) is 10.6. The van der Waals surface area contributed by atoms with Gasteiger partial charge in [-0.3, -0.25) is 0 Å². The number of aryl methyl sites for hydroxylation is 2. The molecule has 0 N–H and O–H groups in total. The summed E-state index contributed by atoms with van der Waals surface area (Å²) in [4.78, 5) is 0. The van der Waals surface area contributed by atoms with Crippen LogP contribution in [-0.4, -0.2) is 17.8 Å². The molecule has 0 heterocycles. The molecule has 1 aromatic rings. The summed E-state index contributed by atoms with van der Waals surface area (Å²) < 4.78 is 88.8. The van der Waals surface area contributed by atoms with E-state index in [-0.39, 0.29) is 38.0 Å². The first kappa shape index (κ1) is 26.4. The quantitative estimate of drug-likeness (QED) is 0.312. The largest absolute Gasteiger partial charge is 0.313 e. The number of halogens is 6. The van der Waals surface area contributed by atoms with E-state index in [0.717, 1.165) is 19.3 Å². The lowest BCUT2D eigenvalue weighted by atomic mass is 9.69.